The smallest absolute Gasteiger partial charge is 0.339 e. The van der Waals surface area contributed by atoms with E-state index in [0.717, 1.165) is 30.1 Å². The maximum absolute atomic E-state index is 12.5. The third kappa shape index (κ3) is 5.06. The monoisotopic (exact) mass is 446 g/mol. The topological polar surface area (TPSA) is 95.0 Å². The Morgan fingerprint density at radius 1 is 1.00 bits per heavy atom. The van der Waals surface area contributed by atoms with Crippen molar-refractivity contribution in [2.45, 2.75) is 6.92 Å². The lowest BCUT2D eigenvalue weighted by Gasteiger charge is -2.37. The average molecular weight is 447 g/mol. The van der Waals surface area contributed by atoms with E-state index in [1.54, 1.807) is 25.3 Å². The molecule has 8 nitrogen and oxygen atoms in total. The van der Waals surface area contributed by atoms with E-state index in [0.29, 0.717) is 30.2 Å². The lowest BCUT2D eigenvalue weighted by molar-refractivity contribution is 0.0696. The van der Waals surface area contributed by atoms with Crippen molar-refractivity contribution < 1.29 is 19.4 Å². The molecule has 170 valence electrons. The molecule has 1 aliphatic heterocycles. The van der Waals surface area contributed by atoms with Crippen molar-refractivity contribution in [2.75, 3.05) is 48.4 Å². The number of aromatic nitrogens is 1. The number of benzene rings is 2. The fourth-order valence-corrected chi connectivity index (χ4v) is 3.91. The van der Waals surface area contributed by atoms with Crippen LogP contribution in [0, 0.1) is 6.92 Å². The summed E-state index contributed by atoms with van der Waals surface area (Å²) in [6.45, 7) is 4.60. The zero-order valence-electron chi connectivity index (χ0n) is 18.6. The first-order valence-corrected chi connectivity index (χ1v) is 10.7. The summed E-state index contributed by atoms with van der Waals surface area (Å²) in [6.07, 6.45) is 1.50. The number of amides is 1. The second-order valence-corrected chi connectivity index (χ2v) is 7.90. The van der Waals surface area contributed by atoms with Gasteiger partial charge in [-0.3, -0.25) is 4.79 Å². The van der Waals surface area contributed by atoms with E-state index in [1.165, 1.54) is 12.3 Å². The van der Waals surface area contributed by atoms with E-state index in [-0.39, 0.29) is 11.5 Å². The SMILES string of the molecule is COc1cccc(N2CCN(c3ncc(NC(=O)c4cccc(C)c4)cc3C(=O)O)CC2)c1. The van der Waals surface area contributed by atoms with Gasteiger partial charge in [-0.05, 0) is 37.3 Å². The molecule has 0 saturated carbocycles. The second kappa shape index (κ2) is 9.60. The first-order valence-electron chi connectivity index (χ1n) is 10.7. The molecule has 2 heterocycles. The van der Waals surface area contributed by atoms with E-state index in [4.69, 9.17) is 4.74 Å². The Morgan fingerprint density at radius 2 is 1.73 bits per heavy atom. The molecule has 0 bridgehead atoms. The van der Waals surface area contributed by atoms with Crippen LogP contribution < -0.4 is 19.9 Å². The molecule has 8 heteroatoms. The van der Waals surface area contributed by atoms with E-state index in [2.05, 4.69) is 15.2 Å². The predicted octanol–water partition coefficient (Wildman–Crippen LogP) is 3.68. The molecule has 3 aromatic rings. The number of methoxy groups -OCH3 is 1. The van der Waals surface area contributed by atoms with Crippen molar-refractivity contribution in [3.05, 3.63) is 77.5 Å². The molecule has 33 heavy (non-hydrogen) atoms. The van der Waals surface area contributed by atoms with Crippen molar-refractivity contribution in [1.82, 2.24) is 4.98 Å². The molecule has 1 saturated heterocycles. The minimum Gasteiger partial charge on any atom is -0.497 e. The van der Waals surface area contributed by atoms with Crippen LogP contribution in [-0.2, 0) is 0 Å². The third-order valence-corrected chi connectivity index (χ3v) is 5.63. The standard InChI is InChI=1S/C25H26N4O4/c1-17-5-3-6-18(13-17)24(30)27-19-14-22(25(31)32)23(26-16-19)29-11-9-28(10-12-29)20-7-4-8-21(15-20)33-2/h3-8,13-16H,9-12H2,1-2H3,(H,27,30)(H,31,32). The van der Waals surface area contributed by atoms with Crippen LogP contribution in [0.2, 0.25) is 0 Å². The fourth-order valence-electron chi connectivity index (χ4n) is 3.91. The number of hydrogen-bond donors (Lipinski definition) is 2. The molecule has 0 atom stereocenters. The maximum atomic E-state index is 12.5. The van der Waals surface area contributed by atoms with Crippen molar-refractivity contribution >= 4 is 29.1 Å². The summed E-state index contributed by atoms with van der Waals surface area (Å²) < 4.78 is 5.31. The van der Waals surface area contributed by atoms with Gasteiger partial charge in [-0.2, -0.15) is 0 Å². The van der Waals surface area contributed by atoms with Gasteiger partial charge in [0.2, 0.25) is 0 Å². The second-order valence-electron chi connectivity index (χ2n) is 7.90. The van der Waals surface area contributed by atoms with Crippen LogP contribution in [0.25, 0.3) is 0 Å². The van der Waals surface area contributed by atoms with Gasteiger partial charge in [0.1, 0.15) is 17.1 Å². The molecule has 2 N–H and O–H groups in total. The Labute approximate surface area is 192 Å². The Hall–Kier alpha value is -4.07. The number of hydrogen-bond acceptors (Lipinski definition) is 6. The summed E-state index contributed by atoms with van der Waals surface area (Å²) in [5.41, 5.74) is 2.94. The molecule has 2 aromatic carbocycles. The van der Waals surface area contributed by atoms with Gasteiger partial charge in [0.25, 0.3) is 5.91 Å². The number of anilines is 3. The lowest BCUT2D eigenvalue weighted by atomic mass is 10.1. The Morgan fingerprint density at radius 3 is 2.42 bits per heavy atom. The van der Waals surface area contributed by atoms with Crippen LogP contribution in [0.15, 0.2) is 60.8 Å². The number of pyridine rings is 1. The number of carboxylic acid groups (broad SMARTS) is 1. The average Bonchev–Trinajstić information content (AvgIpc) is 2.84. The minimum absolute atomic E-state index is 0.0619. The third-order valence-electron chi connectivity index (χ3n) is 5.63. The highest BCUT2D eigenvalue weighted by Gasteiger charge is 2.24. The zero-order valence-corrected chi connectivity index (χ0v) is 18.6. The van der Waals surface area contributed by atoms with Gasteiger partial charge < -0.3 is 25.0 Å². The first kappa shape index (κ1) is 22.1. The van der Waals surface area contributed by atoms with E-state index in [1.807, 2.05) is 42.2 Å². The highest BCUT2D eigenvalue weighted by Crippen LogP contribution is 2.26. The number of carbonyl (C=O) groups is 2. The van der Waals surface area contributed by atoms with E-state index < -0.39 is 5.97 Å². The number of aromatic carboxylic acids is 1. The lowest BCUT2D eigenvalue weighted by Crippen LogP contribution is -2.47. The van der Waals surface area contributed by atoms with E-state index >= 15 is 0 Å². The molecular formula is C25H26N4O4. The fraction of sp³-hybridized carbons (Fsp3) is 0.240. The largest absolute Gasteiger partial charge is 0.497 e. The highest BCUT2D eigenvalue weighted by molar-refractivity contribution is 6.05. The van der Waals surface area contributed by atoms with E-state index in [9.17, 15) is 14.7 Å². The normalized spacial score (nSPS) is 13.5. The number of piperazine rings is 1. The summed E-state index contributed by atoms with van der Waals surface area (Å²) in [7, 11) is 1.64. The number of carbonyl (C=O) groups excluding carboxylic acids is 1. The number of aryl methyl sites for hydroxylation is 1. The molecule has 0 radical (unpaired) electrons. The van der Waals surface area contributed by atoms with Crippen LogP contribution in [0.5, 0.6) is 5.75 Å². The van der Waals surface area contributed by atoms with Gasteiger partial charge in [-0.25, -0.2) is 9.78 Å². The Bertz CT molecular complexity index is 1170. The molecule has 1 aliphatic rings. The van der Waals surface area contributed by atoms with Crippen molar-refractivity contribution in [1.29, 1.82) is 0 Å². The molecule has 0 unspecified atom stereocenters. The summed E-state index contributed by atoms with van der Waals surface area (Å²) in [5.74, 6) is -0.190. The molecule has 0 aliphatic carbocycles. The number of ether oxygens (including phenoxy) is 1. The van der Waals surface area contributed by atoms with Crippen LogP contribution in [-0.4, -0.2) is 55.3 Å². The Kier molecular flexibility index (Phi) is 6.44. The predicted molar refractivity (Wildman–Crippen MR) is 128 cm³/mol. The number of nitrogens with zero attached hydrogens (tertiary/aromatic N) is 3. The first-order chi connectivity index (χ1) is 15.9. The van der Waals surface area contributed by atoms with Gasteiger partial charge >= 0.3 is 5.97 Å². The molecule has 4 rings (SSSR count). The van der Waals surface area contributed by atoms with Crippen molar-refractivity contribution in [3.8, 4) is 5.75 Å². The number of carboxylic acids is 1. The van der Waals surface area contributed by atoms with Gasteiger partial charge in [0, 0.05) is 43.5 Å². The maximum Gasteiger partial charge on any atom is 0.339 e. The van der Waals surface area contributed by atoms with Crippen LogP contribution in [0.3, 0.4) is 0 Å². The molecule has 0 spiro atoms. The van der Waals surface area contributed by atoms with Gasteiger partial charge in [0.05, 0.1) is 19.0 Å². The Balaban J connectivity index is 1.48. The van der Waals surface area contributed by atoms with Crippen LogP contribution >= 0.6 is 0 Å². The summed E-state index contributed by atoms with van der Waals surface area (Å²) in [6, 6.07) is 16.5. The summed E-state index contributed by atoms with van der Waals surface area (Å²) >= 11 is 0. The molecule has 1 amide bonds. The molecular weight excluding hydrogens is 420 g/mol. The molecule has 1 fully saturated rings. The number of rotatable bonds is 6. The van der Waals surface area contributed by atoms with Crippen molar-refractivity contribution in [3.63, 3.8) is 0 Å². The summed E-state index contributed by atoms with van der Waals surface area (Å²) in [5, 5.41) is 12.5. The minimum atomic E-state index is -1.08. The number of nitrogens with one attached hydrogen (secondary N) is 1. The van der Waals surface area contributed by atoms with Gasteiger partial charge in [-0.1, -0.05) is 23.8 Å². The molecule has 1 aromatic heterocycles. The quantitative estimate of drug-likeness (QED) is 0.596. The van der Waals surface area contributed by atoms with Gasteiger partial charge in [-0.15, -0.1) is 0 Å². The van der Waals surface area contributed by atoms with Crippen LogP contribution in [0.1, 0.15) is 26.3 Å². The zero-order chi connectivity index (χ0) is 23.4. The van der Waals surface area contributed by atoms with Gasteiger partial charge in [0.15, 0.2) is 0 Å². The highest BCUT2D eigenvalue weighted by atomic mass is 16.5. The van der Waals surface area contributed by atoms with Crippen molar-refractivity contribution in [2.24, 2.45) is 0 Å². The summed E-state index contributed by atoms with van der Waals surface area (Å²) in [4.78, 5) is 33.1. The van der Waals surface area contributed by atoms with Crippen LogP contribution in [0.4, 0.5) is 17.2 Å².